The van der Waals surface area contributed by atoms with Gasteiger partial charge in [-0.15, -0.1) is 0 Å². The van der Waals surface area contributed by atoms with Gasteiger partial charge < -0.3 is 14.7 Å². The van der Waals surface area contributed by atoms with Gasteiger partial charge in [-0.2, -0.15) is 0 Å². The molecule has 5 heteroatoms. The number of fused-ring (bicyclic) bond motifs is 1. The monoisotopic (exact) mass is 394 g/mol. The summed E-state index contributed by atoms with van der Waals surface area (Å²) in [5.74, 6) is 0.906. The van der Waals surface area contributed by atoms with E-state index in [0.717, 1.165) is 37.1 Å². The molecule has 4 rings (SSSR count). The number of methoxy groups -OCH3 is 1. The van der Waals surface area contributed by atoms with Crippen molar-refractivity contribution in [1.29, 1.82) is 0 Å². The number of rotatable bonds is 7. The lowest BCUT2D eigenvalue weighted by molar-refractivity contribution is -0.137. The molecule has 154 valence electrons. The molecule has 0 bridgehead atoms. The lowest BCUT2D eigenvalue weighted by Gasteiger charge is -2.28. The fourth-order valence-corrected chi connectivity index (χ4v) is 5.10. The molecule has 2 fully saturated rings. The third-order valence-electron chi connectivity index (χ3n) is 6.42. The quantitative estimate of drug-likeness (QED) is 0.783. The first kappa shape index (κ1) is 19.9. The van der Waals surface area contributed by atoms with Crippen molar-refractivity contribution in [3.05, 3.63) is 65.7 Å². The summed E-state index contributed by atoms with van der Waals surface area (Å²) in [5, 5.41) is 9.61. The summed E-state index contributed by atoms with van der Waals surface area (Å²) in [4.78, 5) is 17.9. The molecule has 3 atom stereocenters. The van der Waals surface area contributed by atoms with Crippen LogP contribution in [0.15, 0.2) is 54.6 Å². The summed E-state index contributed by atoms with van der Waals surface area (Å²) >= 11 is 0. The van der Waals surface area contributed by atoms with Crippen LogP contribution in [-0.4, -0.2) is 53.7 Å². The molecular formula is C24H30N2O3. The first-order chi connectivity index (χ1) is 14.2. The van der Waals surface area contributed by atoms with Gasteiger partial charge >= 0.3 is 0 Å². The first-order valence-corrected chi connectivity index (χ1v) is 10.5. The van der Waals surface area contributed by atoms with Crippen molar-refractivity contribution < 1.29 is 14.6 Å². The predicted molar refractivity (Wildman–Crippen MR) is 113 cm³/mol. The van der Waals surface area contributed by atoms with Crippen molar-refractivity contribution >= 4 is 5.91 Å². The molecular weight excluding hydrogens is 364 g/mol. The summed E-state index contributed by atoms with van der Waals surface area (Å²) in [5.41, 5.74) is 2.27. The van der Waals surface area contributed by atoms with Crippen molar-refractivity contribution in [3.63, 3.8) is 0 Å². The van der Waals surface area contributed by atoms with E-state index >= 15 is 0 Å². The number of amides is 1. The van der Waals surface area contributed by atoms with E-state index < -0.39 is 0 Å². The molecule has 5 nitrogen and oxygen atoms in total. The Kier molecular flexibility index (Phi) is 6.16. The van der Waals surface area contributed by atoms with E-state index in [1.54, 1.807) is 7.11 Å². The van der Waals surface area contributed by atoms with Crippen LogP contribution in [0.5, 0.6) is 5.75 Å². The third kappa shape index (κ3) is 4.02. The number of carbonyl (C=O) groups excluding carboxylic acids is 1. The fourth-order valence-electron chi connectivity index (χ4n) is 5.10. The number of aliphatic hydroxyl groups excluding tert-OH is 1. The highest BCUT2D eigenvalue weighted by Crippen LogP contribution is 2.45. The Bertz CT molecular complexity index is 826. The normalized spacial score (nSPS) is 23.7. The molecule has 0 spiro atoms. The van der Waals surface area contributed by atoms with E-state index in [2.05, 4.69) is 29.2 Å². The molecule has 2 aliphatic heterocycles. The van der Waals surface area contributed by atoms with E-state index in [1.165, 1.54) is 5.56 Å². The van der Waals surface area contributed by atoms with Gasteiger partial charge in [-0.25, -0.2) is 0 Å². The van der Waals surface area contributed by atoms with E-state index in [9.17, 15) is 9.90 Å². The second kappa shape index (κ2) is 8.97. The van der Waals surface area contributed by atoms with Crippen LogP contribution in [0.3, 0.4) is 0 Å². The second-order valence-electron chi connectivity index (χ2n) is 8.01. The number of nitrogens with zero attached hydrogens (tertiary/aromatic N) is 2. The molecule has 0 aromatic heterocycles. The van der Waals surface area contributed by atoms with Gasteiger partial charge in [-0.1, -0.05) is 48.5 Å². The average Bonchev–Trinajstić information content (AvgIpc) is 3.37. The molecule has 29 heavy (non-hydrogen) atoms. The van der Waals surface area contributed by atoms with E-state index in [-0.39, 0.29) is 18.4 Å². The maximum absolute atomic E-state index is 13.6. The molecule has 0 radical (unpaired) electrons. The maximum atomic E-state index is 13.6. The number of hydrogen-bond acceptors (Lipinski definition) is 4. The minimum atomic E-state index is -0.0376. The van der Waals surface area contributed by atoms with Gasteiger partial charge in [0, 0.05) is 30.7 Å². The van der Waals surface area contributed by atoms with Crippen LogP contribution in [0.25, 0.3) is 0 Å². The Balaban J connectivity index is 1.56. The second-order valence-corrected chi connectivity index (χ2v) is 8.01. The van der Waals surface area contributed by atoms with Crippen LogP contribution < -0.4 is 4.74 Å². The smallest absolute Gasteiger partial charge is 0.227 e. The van der Waals surface area contributed by atoms with Crippen molar-refractivity contribution in [1.82, 2.24) is 9.80 Å². The molecule has 2 aromatic rings. The Morgan fingerprint density at radius 1 is 1.17 bits per heavy atom. The van der Waals surface area contributed by atoms with E-state index in [0.29, 0.717) is 25.2 Å². The van der Waals surface area contributed by atoms with Crippen molar-refractivity contribution in [2.75, 3.05) is 26.8 Å². The van der Waals surface area contributed by atoms with E-state index in [1.807, 2.05) is 35.2 Å². The third-order valence-corrected chi connectivity index (χ3v) is 6.42. The topological polar surface area (TPSA) is 53.0 Å². The number of hydrogen-bond donors (Lipinski definition) is 1. The molecule has 2 saturated heterocycles. The summed E-state index contributed by atoms with van der Waals surface area (Å²) in [7, 11) is 1.65. The molecule has 1 amide bonds. The van der Waals surface area contributed by atoms with E-state index in [4.69, 9.17) is 4.74 Å². The van der Waals surface area contributed by atoms with Crippen molar-refractivity contribution in [2.24, 2.45) is 5.92 Å². The van der Waals surface area contributed by atoms with Crippen LogP contribution in [0.1, 0.15) is 36.4 Å². The van der Waals surface area contributed by atoms with Gasteiger partial charge in [0.1, 0.15) is 5.75 Å². The largest absolute Gasteiger partial charge is 0.496 e. The Hall–Kier alpha value is -2.37. The Labute approximate surface area is 172 Å². The van der Waals surface area contributed by atoms with Gasteiger partial charge in [0.05, 0.1) is 19.6 Å². The highest BCUT2D eigenvalue weighted by molar-refractivity contribution is 5.80. The number of ether oxygens (including phenoxy) is 1. The summed E-state index contributed by atoms with van der Waals surface area (Å²) in [6, 6.07) is 18.9. The number of carbonyl (C=O) groups is 1. The zero-order chi connectivity index (χ0) is 20.2. The van der Waals surface area contributed by atoms with Gasteiger partial charge in [0.2, 0.25) is 5.91 Å². The maximum Gasteiger partial charge on any atom is 0.227 e. The molecule has 2 aliphatic rings. The highest BCUT2D eigenvalue weighted by Gasteiger charge is 2.48. The molecule has 2 aromatic carbocycles. The molecule has 0 aliphatic carbocycles. The summed E-state index contributed by atoms with van der Waals surface area (Å²) in [6.45, 7) is 1.82. The summed E-state index contributed by atoms with van der Waals surface area (Å²) < 4.78 is 5.47. The van der Waals surface area contributed by atoms with Crippen LogP contribution in [-0.2, 0) is 11.3 Å². The van der Waals surface area contributed by atoms with Crippen LogP contribution in [0, 0.1) is 5.92 Å². The minimum absolute atomic E-state index is 0.0241. The lowest BCUT2D eigenvalue weighted by Crippen LogP contribution is -2.41. The molecule has 1 N–H and O–H groups in total. The zero-order valence-corrected chi connectivity index (χ0v) is 17.0. The van der Waals surface area contributed by atoms with Crippen LogP contribution >= 0.6 is 0 Å². The van der Waals surface area contributed by atoms with Crippen LogP contribution in [0.4, 0.5) is 0 Å². The van der Waals surface area contributed by atoms with Gasteiger partial charge in [-0.3, -0.25) is 9.69 Å². The van der Waals surface area contributed by atoms with Gasteiger partial charge in [0.15, 0.2) is 0 Å². The highest BCUT2D eigenvalue weighted by atomic mass is 16.5. The molecule has 0 saturated carbocycles. The predicted octanol–water partition coefficient (Wildman–Crippen LogP) is 3.24. The standard InChI is InChI=1S/C24H30N2O3/c1-29-23-12-6-5-10-19(23)17-25(14-15-27)24(28)20-16-22(18-8-3-2-4-9-18)26-13-7-11-21(20)26/h2-6,8-10,12,20-22,27H,7,11,13-17H2,1H3/t20-,21+,22-/m0/s1. The lowest BCUT2D eigenvalue weighted by atomic mass is 9.93. The number of benzene rings is 2. The fraction of sp³-hybridized carbons (Fsp3) is 0.458. The number of para-hydroxylation sites is 1. The van der Waals surface area contributed by atoms with Gasteiger partial charge in [0.25, 0.3) is 0 Å². The van der Waals surface area contributed by atoms with Crippen molar-refractivity contribution in [2.45, 2.75) is 37.9 Å². The Morgan fingerprint density at radius 3 is 2.69 bits per heavy atom. The van der Waals surface area contributed by atoms with Crippen molar-refractivity contribution in [3.8, 4) is 5.75 Å². The minimum Gasteiger partial charge on any atom is -0.496 e. The molecule has 2 heterocycles. The summed E-state index contributed by atoms with van der Waals surface area (Å²) in [6.07, 6.45) is 3.06. The average molecular weight is 395 g/mol. The zero-order valence-electron chi connectivity index (χ0n) is 17.0. The van der Waals surface area contributed by atoms with Gasteiger partial charge in [-0.05, 0) is 37.4 Å². The first-order valence-electron chi connectivity index (χ1n) is 10.5. The number of aliphatic hydroxyl groups is 1. The SMILES string of the molecule is COc1ccccc1CN(CCO)C(=O)[C@H]1C[C@@H](c2ccccc2)N2CCC[C@H]12. The Morgan fingerprint density at radius 2 is 1.93 bits per heavy atom. The van der Waals surface area contributed by atoms with Crippen LogP contribution in [0.2, 0.25) is 0 Å². The molecule has 0 unspecified atom stereocenters.